The first kappa shape index (κ1) is 31.4. The van der Waals surface area contributed by atoms with Gasteiger partial charge in [-0.3, -0.25) is 9.69 Å². The van der Waals surface area contributed by atoms with E-state index in [0.29, 0.717) is 65.4 Å². The fourth-order valence-electron chi connectivity index (χ4n) is 4.89. The van der Waals surface area contributed by atoms with Gasteiger partial charge in [-0.05, 0) is 50.7 Å². The van der Waals surface area contributed by atoms with Gasteiger partial charge in [0.15, 0.2) is 17.3 Å². The molecule has 4 rings (SSSR count). The Hall–Kier alpha value is -3.49. The standard InChI is InChI=1S/C28H35FN6O5S2/c1-5-39-27(38)24(42-22-8-6-7-20(29)17(22)3)21(32-25(30)23-18(4)40-15-31-23)14-33-9-10-35-19(12-33)13-34(28(35)41)11-16(2)26(36)37/h6-8,15-16,19H,5,9-14H2,1-4H3,(H2,30,32)(H,36,37)/b24-21-/t16?,19-/m0/s1. The molecule has 3 heterocycles. The van der Waals surface area contributed by atoms with Gasteiger partial charge in [0.25, 0.3) is 0 Å². The minimum Gasteiger partial charge on any atom is -0.481 e. The van der Waals surface area contributed by atoms with Gasteiger partial charge in [0.05, 0.1) is 24.3 Å². The molecule has 0 amide bonds. The molecule has 2 aromatic rings. The number of thioether (sulfide) groups is 1. The smallest absolute Gasteiger partial charge is 0.346 e. The number of rotatable bonds is 11. The van der Waals surface area contributed by atoms with E-state index in [0.717, 1.165) is 11.8 Å². The quantitative estimate of drug-likeness (QED) is 0.0956. The number of piperazine rings is 1. The molecule has 1 aromatic carbocycles. The highest BCUT2D eigenvalue weighted by Gasteiger charge is 2.39. The van der Waals surface area contributed by atoms with Crippen LogP contribution in [0.15, 0.2) is 49.5 Å². The molecule has 14 heteroatoms. The number of oxazole rings is 1. The van der Waals surface area contributed by atoms with E-state index in [4.69, 9.17) is 27.1 Å². The second-order valence-electron chi connectivity index (χ2n) is 10.2. The van der Waals surface area contributed by atoms with Crippen LogP contribution in [-0.2, 0) is 14.3 Å². The molecule has 11 nitrogen and oxygen atoms in total. The average Bonchev–Trinajstić information content (AvgIpc) is 3.51. The van der Waals surface area contributed by atoms with Crippen molar-refractivity contribution in [1.29, 1.82) is 0 Å². The Kier molecular flexibility index (Phi) is 10.2. The molecule has 2 atom stereocenters. The van der Waals surface area contributed by atoms with Crippen molar-refractivity contribution in [3.63, 3.8) is 0 Å². The molecule has 0 radical (unpaired) electrons. The second-order valence-corrected chi connectivity index (χ2v) is 11.6. The predicted molar refractivity (Wildman–Crippen MR) is 161 cm³/mol. The molecule has 3 N–H and O–H groups in total. The summed E-state index contributed by atoms with van der Waals surface area (Å²) >= 11 is 6.75. The summed E-state index contributed by atoms with van der Waals surface area (Å²) in [6.07, 6.45) is 1.27. The van der Waals surface area contributed by atoms with Crippen molar-refractivity contribution in [1.82, 2.24) is 19.7 Å². The van der Waals surface area contributed by atoms with Gasteiger partial charge < -0.3 is 29.8 Å². The number of carboxylic acids is 1. The van der Waals surface area contributed by atoms with Crippen LogP contribution in [0, 0.1) is 25.6 Å². The van der Waals surface area contributed by atoms with Crippen molar-refractivity contribution in [2.24, 2.45) is 16.6 Å². The number of fused-ring (bicyclic) bond motifs is 1. The number of hydrogen-bond acceptors (Lipinski definition) is 9. The van der Waals surface area contributed by atoms with Gasteiger partial charge in [-0.15, -0.1) is 0 Å². The van der Waals surface area contributed by atoms with Crippen LogP contribution in [0.2, 0.25) is 0 Å². The van der Waals surface area contributed by atoms with Gasteiger partial charge >= 0.3 is 11.9 Å². The summed E-state index contributed by atoms with van der Waals surface area (Å²) in [5.41, 5.74) is 7.48. The number of benzene rings is 1. The minimum absolute atomic E-state index is 0.0387. The van der Waals surface area contributed by atoms with Crippen molar-refractivity contribution in [3.05, 3.63) is 58.0 Å². The average molecular weight is 619 g/mol. The maximum absolute atomic E-state index is 14.4. The molecule has 1 aromatic heterocycles. The molecule has 0 spiro atoms. The fourth-order valence-corrected chi connectivity index (χ4v) is 6.27. The van der Waals surface area contributed by atoms with E-state index in [1.165, 1.54) is 12.5 Å². The number of aryl methyl sites for hydroxylation is 1. The minimum atomic E-state index is -0.866. The summed E-state index contributed by atoms with van der Waals surface area (Å²) in [6.45, 7) is 9.89. The summed E-state index contributed by atoms with van der Waals surface area (Å²) in [4.78, 5) is 40.6. The number of halogens is 1. The second kappa shape index (κ2) is 13.7. The molecule has 2 aliphatic heterocycles. The van der Waals surface area contributed by atoms with Crippen molar-refractivity contribution in [3.8, 4) is 0 Å². The van der Waals surface area contributed by atoms with Crippen LogP contribution in [-0.4, -0.2) is 99.6 Å². The largest absolute Gasteiger partial charge is 0.481 e. The highest BCUT2D eigenvalue weighted by Crippen LogP contribution is 2.34. The number of amidine groups is 1. The molecular weight excluding hydrogens is 583 g/mol. The number of esters is 1. The van der Waals surface area contributed by atoms with Gasteiger partial charge in [0.1, 0.15) is 22.2 Å². The lowest BCUT2D eigenvalue weighted by Gasteiger charge is -2.37. The maximum Gasteiger partial charge on any atom is 0.346 e. The maximum atomic E-state index is 14.4. The van der Waals surface area contributed by atoms with Crippen LogP contribution < -0.4 is 5.73 Å². The van der Waals surface area contributed by atoms with Crippen LogP contribution in [0.3, 0.4) is 0 Å². The number of thiocarbonyl (C=S) groups is 1. The number of aromatic nitrogens is 1. The van der Waals surface area contributed by atoms with E-state index in [1.54, 1.807) is 39.8 Å². The summed E-state index contributed by atoms with van der Waals surface area (Å²) in [5.74, 6) is -1.85. The van der Waals surface area contributed by atoms with Crippen molar-refractivity contribution in [2.45, 2.75) is 38.6 Å². The third-order valence-electron chi connectivity index (χ3n) is 7.20. The zero-order valence-corrected chi connectivity index (χ0v) is 25.6. The number of nitrogens with two attached hydrogens (primary N) is 1. The third kappa shape index (κ3) is 7.10. The van der Waals surface area contributed by atoms with Crippen LogP contribution in [0.25, 0.3) is 0 Å². The zero-order chi connectivity index (χ0) is 30.6. The molecule has 2 saturated heterocycles. The molecule has 0 bridgehead atoms. The molecule has 226 valence electrons. The van der Waals surface area contributed by atoms with E-state index >= 15 is 0 Å². The number of ether oxygens (including phenoxy) is 1. The lowest BCUT2D eigenvalue weighted by molar-refractivity contribution is -0.141. The zero-order valence-electron chi connectivity index (χ0n) is 24.0. The number of aliphatic imine (C=N–C) groups is 1. The van der Waals surface area contributed by atoms with Crippen LogP contribution >= 0.6 is 24.0 Å². The molecule has 42 heavy (non-hydrogen) atoms. The Morgan fingerprint density at radius 3 is 2.76 bits per heavy atom. The van der Waals surface area contributed by atoms with Crippen molar-refractivity contribution in [2.75, 3.05) is 45.9 Å². The van der Waals surface area contributed by atoms with E-state index in [9.17, 15) is 19.1 Å². The number of aliphatic carboxylic acids is 1. The number of carbonyl (C=O) groups excluding carboxylic acids is 1. The molecule has 0 aliphatic carbocycles. The van der Waals surface area contributed by atoms with Crippen LogP contribution in [0.1, 0.15) is 30.9 Å². The van der Waals surface area contributed by atoms with Crippen molar-refractivity contribution < 1.29 is 28.2 Å². The topological polar surface area (TPSA) is 138 Å². The SMILES string of the molecule is CCOC(=O)/C(Sc1cccc(F)c1C)=C(\CN1CCN2C(=S)N(CC(C)C(=O)O)C[C@@H]2C1)N=C(N)c1ncoc1C. The summed E-state index contributed by atoms with van der Waals surface area (Å²) in [7, 11) is 0. The lowest BCUT2D eigenvalue weighted by Crippen LogP contribution is -2.52. The Bertz CT molecular complexity index is 1410. The fraction of sp³-hybridized carbons (Fsp3) is 0.464. The highest BCUT2D eigenvalue weighted by molar-refractivity contribution is 8.04. The molecule has 1 unspecified atom stereocenters. The number of carbonyl (C=O) groups is 2. The molecular formula is C28H35FN6O5S2. The summed E-state index contributed by atoms with van der Waals surface area (Å²) < 4.78 is 25.1. The monoisotopic (exact) mass is 618 g/mol. The van der Waals surface area contributed by atoms with Gasteiger partial charge in [-0.1, -0.05) is 24.8 Å². The third-order valence-corrected chi connectivity index (χ3v) is 8.96. The normalized spacial score (nSPS) is 19.0. The number of carboxylic acid groups (broad SMARTS) is 1. The van der Waals surface area contributed by atoms with Gasteiger partial charge in [-0.2, -0.15) is 0 Å². The lowest BCUT2D eigenvalue weighted by atomic mass is 10.1. The van der Waals surface area contributed by atoms with E-state index in [2.05, 4.69) is 19.8 Å². The first-order valence-corrected chi connectivity index (χ1v) is 14.8. The van der Waals surface area contributed by atoms with Gasteiger partial charge in [0.2, 0.25) is 0 Å². The molecule has 0 saturated carbocycles. The molecule has 2 aliphatic rings. The molecule has 2 fully saturated rings. The van der Waals surface area contributed by atoms with E-state index < -0.39 is 17.9 Å². The van der Waals surface area contributed by atoms with Crippen LogP contribution in [0.4, 0.5) is 4.39 Å². The highest BCUT2D eigenvalue weighted by atomic mass is 32.2. The van der Waals surface area contributed by atoms with Gasteiger partial charge in [-0.25, -0.2) is 19.2 Å². The number of nitrogens with zero attached hydrogens (tertiary/aromatic N) is 5. The first-order chi connectivity index (χ1) is 20.0. The van der Waals surface area contributed by atoms with E-state index in [-0.39, 0.29) is 35.8 Å². The first-order valence-electron chi connectivity index (χ1n) is 13.6. The predicted octanol–water partition coefficient (Wildman–Crippen LogP) is 3.01. The Balaban J connectivity index is 1.68. The Labute approximate surface area is 253 Å². The number of hydrogen-bond donors (Lipinski definition) is 2. The summed E-state index contributed by atoms with van der Waals surface area (Å²) in [5, 5.41) is 10.0. The van der Waals surface area contributed by atoms with Crippen LogP contribution in [0.5, 0.6) is 0 Å². The Morgan fingerprint density at radius 2 is 2.10 bits per heavy atom. The van der Waals surface area contributed by atoms with Gasteiger partial charge in [0, 0.05) is 44.2 Å². The Morgan fingerprint density at radius 1 is 1.33 bits per heavy atom. The van der Waals surface area contributed by atoms with Crippen molar-refractivity contribution >= 4 is 46.9 Å². The summed E-state index contributed by atoms with van der Waals surface area (Å²) in [6, 6.07) is 4.73. The van der Waals surface area contributed by atoms with E-state index in [1.807, 2.05) is 4.90 Å².